The molecule has 2 rings (SSSR count). The van der Waals surface area contributed by atoms with Crippen LogP contribution in [0.25, 0.3) is 0 Å². The van der Waals surface area contributed by atoms with Crippen molar-refractivity contribution in [3.63, 3.8) is 0 Å². The maximum Gasteiger partial charge on any atom is 0.240 e. The van der Waals surface area contributed by atoms with E-state index in [1.807, 2.05) is 30.0 Å². The van der Waals surface area contributed by atoms with Gasteiger partial charge >= 0.3 is 0 Å². The number of rotatable bonds is 6. The van der Waals surface area contributed by atoms with Gasteiger partial charge < -0.3 is 15.5 Å². The Morgan fingerprint density at radius 2 is 2.05 bits per heavy atom. The van der Waals surface area contributed by atoms with Gasteiger partial charge in [0.1, 0.15) is 12.1 Å². The number of benzene rings is 1. The number of nitrogens with zero attached hydrogens (tertiary/aromatic N) is 1. The predicted octanol–water partition coefficient (Wildman–Crippen LogP) is 0.551. The topological polar surface area (TPSA) is 72.8 Å². The Morgan fingerprint density at radius 3 is 2.73 bits per heavy atom. The molecular formula is C17H26N2O3. The first-order chi connectivity index (χ1) is 10.6. The molecule has 1 aliphatic heterocycles. The molecule has 0 aliphatic carbocycles. The van der Waals surface area contributed by atoms with E-state index in [1.54, 1.807) is 0 Å². The zero-order valence-electron chi connectivity index (χ0n) is 13.1. The van der Waals surface area contributed by atoms with Crippen molar-refractivity contribution in [2.75, 3.05) is 19.6 Å². The van der Waals surface area contributed by atoms with Crippen molar-refractivity contribution in [2.45, 2.75) is 44.4 Å². The molecule has 3 atom stereocenters. The lowest BCUT2D eigenvalue weighted by Crippen LogP contribution is -2.61. The number of aliphatic hydroxyl groups excluding tert-OH is 2. The van der Waals surface area contributed by atoms with Crippen molar-refractivity contribution in [2.24, 2.45) is 0 Å². The molecule has 0 radical (unpaired) electrons. The monoisotopic (exact) mass is 306 g/mol. The summed E-state index contributed by atoms with van der Waals surface area (Å²) in [7, 11) is 0. The van der Waals surface area contributed by atoms with Crippen LogP contribution in [0.15, 0.2) is 30.3 Å². The number of carbonyl (C=O) groups is 1. The smallest absolute Gasteiger partial charge is 0.240 e. The Hall–Kier alpha value is -1.43. The lowest BCUT2D eigenvalue weighted by molar-refractivity contribution is -0.140. The first-order valence-corrected chi connectivity index (χ1v) is 8.05. The zero-order valence-corrected chi connectivity index (χ0v) is 13.1. The van der Waals surface area contributed by atoms with Gasteiger partial charge in [-0.25, -0.2) is 0 Å². The van der Waals surface area contributed by atoms with E-state index in [9.17, 15) is 15.0 Å². The molecule has 5 nitrogen and oxygen atoms in total. The van der Waals surface area contributed by atoms with Crippen molar-refractivity contribution in [1.29, 1.82) is 0 Å². The van der Waals surface area contributed by atoms with Crippen LogP contribution in [0.5, 0.6) is 0 Å². The van der Waals surface area contributed by atoms with Crippen LogP contribution in [0.4, 0.5) is 0 Å². The molecule has 1 aromatic carbocycles. The molecule has 1 aromatic rings. The summed E-state index contributed by atoms with van der Waals surface area (Å²) in [6, 6.07) is 9.57. The highest BCUT2D eigenvalue weighted by molar-refractivity contribution is 5.82. The number of hydrogen-bond acceptors (Lipinski definition) is 4. The van der Waals surface area contributed by atoms with Crippen molar-refractivity contribution in [1.82, 2.24) is 10.2 Å². The highest BCUT2D eigenvalue weighted by atomic mass is 16.3. The molecule has 1 amide bonds. The molecule has 1 saturated heterocycles. The summed E-state index contributed by atoms with van der Waals surface area (Å²) >= 11 is 0. The molecule has 122 valence electrons. The largest absolute Gasteiger partial charge is 0.390 e. The number of piperidine rings is 1. The highest BCUT2D eigenvalue weighted by Crippen LogP contribution is 2.19. The molecule has 0 unspecified atom stereocenters. The van der Waals surface area contributed by atoms with Crippen LogP contribution >= 0.6 is 0 Å². The third kappa shape index (κ3) is 4.29. The average Bonchev–Trinajstić information content (AvgIpc) is 2.52. The first-order valence-electron chi connectivity index (χ1n) is 8.05. The number of aliphatic hydroxyl groups is 2. The van der Waals surface area contributed by atoms with Crippen LogP contribution in [0, 0.1) is 0 Å². The van der Waals surface area contributed by atoms with Gasteiger partial charge in [-0.05, 0) is 38.3 Å². The van der Waals surface area contributed by atoms with Gasteiger partial charge in [0.15, 0.2) is 0 Å². The molecule has 1 aliphatic rings. The molecule has 0 spiro atoms. The maximum absolute atomic E-state index is 12.2. The predicted molar refractivity (Wildman–Crippen MR) is 85.4 cm³/mol. The number of likely N-dealkylation sites (N-methyl/N-ethyl adjacent to an activating group) is 1. The van der Waals surface area contributed by atoms with E-state index < -0.39 is 18.2 Å². The number of carbonyl (C=O) groups excluding carboxylic acids is 1. The van der Waals surface area contributed by atoms with Crippen LogP contribution in [-0.4, -0.2) is 58.9 Å². The van der Waals surface area contributed by atoms with E-state index in [-0.39, 0.29) is 5.91 Å². The van der Waals surface area contributed by atoms with Crippen molar-refractivity contribution in [3.05, 3.63) is 35.9 Å². The van der Waals surface area contributed by atoms with E-state index in [2.05, 4.69) is 17.4 Å². The van der Waals surface area contributed by atoms with Gasteiger partial charge in [-0.3, -0.25) is 9.69 Å². The summed E-state index contributed by atoms with van der Waals surface area (Å²) < 4.78 is 0. The third-order valence-electron chi connectivity index (χ3n) is 4.20. The van der Waals surface area contributed by atoms with Crippen LogP contribution in [0.3, 0.4) is 0 Å². The van der Waals surface area contributed by atoms with Gasteiger partial charge in [0.2, 0.25) is 5.91 Å². The quantitative estimate of drug-likeness (QED) is 0.718. The molecule has 1 fully saturated rings. The maximum atomic E-state index is 12.2. The van der Waals surface area contributed by atoms with Crippen LogP contribution in [0.1, 0.15) is 25.3 Å². The molecule has 0 bridgehead atoms. The molecular weight excluding hydrogens is 280 g/mol. The normalized spacial score (nSPS) is 25.9. The molecule has 0 aromatic heterocycles. The third-order valence-corrected chi connectivity index (χ3v) is 4.20. The zero-order chi connectivity index (χ0) is 15.9. The fourth-order valence-corrected chi connectivity index (χ4v) is 3.02. The fraction of sp³-hybridized carbons (Fsp3) is 0.588. The van der Waals surface area contributed by atoms with Crippen molar-refractivity contribution >= 4 is 5.91 Å². The molecule has 5 heteroatoms. The van der Waals surface area contributed by atoms with Crippen LogP contribution in [-0.2, 0) is 11.2 Å². The lowest BCUT2D eigenvalue weighted by atomic mass is 9.94. The van der Waals surface area contributed by atoms with Gasteiger partial charge in [-0.2, -0.15) is 0 Å². The standard InChI is InChI=1S/C17H26N2O3/c1-2-18-17(22)15-16(21)14(20)10-12-19(15)11-6-9-13-7-4-3-5-8-13/h3-5,7-8,14-16,20-21H,2,6,9-12H2,1H3,(H,18,22)/t14-,15-,16-/m0/s1. The SMILES string of the molecule is CCNC(=O)[C@@H]1[C@@H](O)[C@@H](O)CCN1CCCc1ccccc1. The molecule has 1 heterocycles. The highest BCUT2D eigenvalue weighted by Gasteiger charge is 2.40. The van der Waals surface area contributed by atoms with E-state index in [4.69, 9.17) is 0 Å². The van der Waals surface area contributed by atoms with E-state index in [1.165, 1.54) is 5.56 Å². The molecule has 3 N–H and O–H groups in total. The number of aryl methyl sites for hydroxylation is 1. The van der Waals surface area contributed by atoms with Gasteiger partial charge in [0.25, 0.3) is 0 Å². The summed E-state index contributed by atoms with van der Waals surface area (Å²) in [6.45, 7) is 3.74. The number of likely N-dealkylation sites (tertiary alicyclic amines) is 1. The minimum absolute atomic E-state index is 0.200. The van der Waals surface area contributed by atoms with Crippen molar-refractivity contribution in [3.8, 4) is 0 Å². The Kier molecular flexibility index (Phi) is 6.36. The second-order valence-electron chi connectivity index (χ2n) is 5.81. The van der Waals surface area contributed by atoms with Gasteiger partial charge in [0.05, 0.1) is 6.10 Å². The summed E-state index contributed by atoms with van der Waals surface area (Å²) in [4.78, 5) is 14.2. The van der Waals surface area contributed by atoms with Gasteiger partial charge in [0, 0.05) is 13.1 Å². The number of nitrogens with one attached hydrogen (secondary N) is 1. The minimum atomic E-state index is -1.02. The first kappa shape index (κ1) is 16.9. The molecule has 0 saturated carbocycles. The van der Waals surface area contributed by atoms with E-state index in [0.29, 0.717) is 19.5 Å². The molecule has 22 heavy (non-hydrogen) atoms. The van der Waals surface area contributed by atoms with E-state index in [0.717, 1.165) is 19.4 Å². The second kappa shape index (κ2) is 8.27. The Labute approximate surface area is 131 Å². The number of hydrogen-bond donors (Lipinski definition) is 3. The summed E-state index contributed by atoms with van der Waals surface area (Å²) in [5, 5.41) is 22.8. The van der Waals surface area contributed by atoms with Crippen LogP contribution in [0.2, 0.25) is 0 Å². The lowest BCUT2D eigenvalue weighted by Gasteiger charge is -2.40. The number of amides is 1. The van der Waals surface area contributed by atoms with Gasteiger partial charge in [-0.1, -0.05) is 30.3 Å². The van der Waals surface area contributed by atoms with Crippen LogP contribution < -0.4 is 5.32 Å². The summed E-state index contributed by atoms with van der Waals surface area (Å²) in [6.07, 6.45) is 0.526. The summed E-state index contributed by atoms with van der Waals surface area (Å²) in [5.74, 6) is -0.200. The van der Waals surface area contributed by atoms with Crippen molar-refractivity contribution < 1.29 is 15.0 Å². The Bertz CT molecular complexity index is 466. The van der Waals surface area contributed by atoms with E-state index >= 15 is 0 Å². The summed E-state index contributed by atoms with van der Waals surface area (Å²) in [5.41, 5.74) is 1.27. The fourth-order valence-electron chi connectivity index (χ4n) is 3.02. The minimum Gasteiger partial charge on any atom is -0.390 e. The average molecular weight is 306 g/mol. The Balaban J connectivity index is 1.93. The Morgan fingerprint density at radius 1 is 1.32 bits per heavy atom. The van der Waals surface area contributed by atoms with Gasteiger partial charge in [-0.15, -0.1) is 0 Å². The second-order valence-corrected chi connectivity index (χ2v) is 5.81.